The fourth-order valence-electron chi connectivity index (χ4n) is 2.17. The van der Waals surface area contributed by atoms with Gasteiger partial charge in [0.2, 0.25) is 0 Å². The number of hydrogen-bond acceptors (Lipinski definition) is 2. The van der Waals surface area contributed by atoms with E-state index in [0.29, 0.717) is 0 Å². The van der Waals surface area contributed by atoms with Crippen LogP contribution in [0.5, 0.6) is 0 Å². The van der Waals surface area contributed by atoms with Crippen LogP contribution in [0.4, 0.5) is 5.69 Å². The molecule has 106 valence electrons. The monoisotopic (exact) mass is 341 g/mol. The number of fused-ring (bicyclic) bond motifs is 1. The lowest BCUT2D eigenvalue weighted by atomic mass is 10.2. The quantitative estimate of drug-likeness (QED) is 0.631. The Morgan fingerprint density at radius 2 is 1.71 bits per heavy atom. The van der Waals surface area contributed by atoms with Crippen LogP contribution in [0.25, 0.3) is 23.1 Å². The first-order valence-corrected chi connectivity index (χ1v) is 7.56. The highest BCUT2D eigenvalue weighted by Gasteiger charge is 2.01. The summed E-state index contributed by atoms with van der Waals surface area (Å²) in [6.07, 6.45) is 4.06. The summed E-state index contributed by atoms with van der Waals surface area (Å²) in [4.78, 5) is 2.09. The lowest BCUT2D eigenvalue weighted by Gasteiger charge is -2.11. The normalized spacial score (nSPS) is 11.4. The van der Waals surface area contributed by atoms with Crippen molar-refractivity contribution in [1.29, 1.82) is 0 Å². The summed E-state index contributed by atoms with van der Waals surface area (Å²) >= 11 is 3.45. The second-order valence-corrected chi connectivity index (χ2v) is 6.07. The molecular formula is C18H16BrNO. The van der Waals surface area contributed by atoms with Gasteiger partial charge in [-0.2, -0.15) is 0 Å². The highest BCUT2D eigenvalue weighted by molar-refractivity contribution is 9.10. The zero-order valence-corrected chi connectivity index (χ0v) is 13.6. The Balaban J connectivity index is 1.83. The van der Waals surface area contributed by atoms with Gasteiger partial charge in [0.05, 0.1) is 0 Å². The average molecular weight is 342 g/mol. The summed E-state index contributed by atoms with van der Waals surface area (Å²) in [5.74, 6) is 0.861. The highest BCUT2D eigenvalue weighted by Crippen LogP contribution is 2.24. The van der Waals surface area contributed by atoms with E-state index >= 15 is 0 Å². The summed E-state index contributed by atoms with van der Waals surface area (Å²) < 4.78 is 6.83. The molecule has 0 aliphatic carbocycles. The van der Waals surface area contributed by atoms with Crippen LogP contribution in [-0.4, -0.2) is 14.1 Å². The SMILES string of the molecule is CN(C)c1ccc(C=Cc2cc3ccc(Br)cc3o2)cc1. The van der Waals surface area contributed by atoms with Gasteiger partial charge in [-0.25, -0.2) is 0 Å². The van der Waals surface area contributed by atoms with Gasteiger partial charge in [-0.3, -0.25) is 0 Å². The summed E-state index contributed by atoms with van der Waals surface area (Å²) in [7, 11) is 4.08. The predicted molar refractivity (Wildman–Crippen MR) is 93.6 cm³/mol. The molecule has 0 spiro atoms. The molecule has 1 heterocycles. The molecule has 0 unspecified atom stereocenters. The molecule has 0 saturated carbocycles. The van der Waals surface area contributed by atoms with Crippen LogP contribution in [0.1, 0.15) is 11.3 Å². The minimum absolute atomic E-state index is 0.861. The first-order chi connectivity index (χ1) is 10.1. The zero-order chi connectivity index (χ0) is 14.8. The zero-order valence-electron chi connectivity index (χ0n) is 12.0. The molecule has 2 aromatic carbocycles. The second kappa shape index (κ2) is 5.78. The third-order valence-electron chi connectivity index (χ3n) is 3.35. The summed E-state index contributed by atoms with van der Waals surface area (Å²) in [6, 6.07) is 16.5. The van der Waals surface area contributed by atoms with E-state index in [2.05, 4.69) is 51.2 Å². The lowest BCUT2D eigenvalue weighted by molar-refractivity contribution is 0.604. The van der Waals surface area contributed by atoms with Crippen molar-refractivity contribution in [3.8, 4) is 0 Å². The fourth-order valence-corrected chi connectivity index (χ4v) is 2.51. The van der Waals surface area contributed by atoms with E-state index < -0.39 is 0 Å². The Labute approximate surface area is 132 Å². The molecule has 0 fully saturated rings. The van der Waals surface area contributed by atoms with Gasteiger partial charge in [-0.15, -0.1) is 0 Å². The van der Waals surface area contributed by atoms with Crippen molar-refractivity contribution >= 4 is 44.7 Å². The van der Waals surface area contributed by atoms with Crippen LogP contribution in [0.2, 0.25) is 0 Å². The first-order valence-electron chi connectivity index (χ1n) is 6.76. The number of nitrogens with zero attached hydrogens (tertiary/aromatic N) is 1. The van der Waals surface area contributed by atoms with Crippen LogP contribution < -0.4 is 4.90 Å². The molecule has 0 aliphatic rings. The van der Waals surface area contributed by atoms with Crippen LogP contribution >= 0.6 is 15.9 Å². The number of furan rings is 1. The van der Waals surface area contributed by atoms with Crippen molar-refractivity contribution in [2.45, 2.75) is 0 Å². The minimum Gasteiger partial charge on any atom is -0.457 e. The lowest BCUT2D eigenvalue weighted by Crippen LogP contribution is -2.07. The first kappa shape index (κ1) is 14.0. The van der Waals surface area contributed by atoms with Crippen LogP contribution in [0.3, 0.4) is 0 Å². The standard InChI is InChI=1S/C18H16BrNO/c1-20(2)16-8-3-13(4-9-16)5-10-17-11-14-6-7-15(19)12-18(14)21-17/h3-12H,1-2H3. The minimum atomic E-state index is 0.861. The van der Waals surface area contributed by atoms with Crippen molar-refractivity contribution in [3.63, 3.8) is 0 Å². The Bertz CT molecular complexity index is 785. The summed E-state index contributed by atoms with van der Waals surface area (Å²) in [6.45, 7) is 0. The van der Waals surface area contributed by atoms with E-state index in [1.807, 2.05) is 44.4 Å². The molecule has 3 aromatic rings. The Kier molecular flexibility index (Phi) is 3.84. The van der Waals surface area contributed by atoms with Crippen LogP contribution in [-0.2, 0) is 0 Å². The molecule has 2 nitrogen and oxygen atoms in total. The smallest absolute Gasteiger partial charge is 0.135 e. The van der Waals surface area contributed by atoms with Crippen molar-refractivity contribution in [2.24, 2.45) is 0 Å². The van der Waals surface area contributed by atoms with Crippen molar-refractivity contribution in [1.82, 2.24) is 0 Å². The summed E-state index contributed by atoms with van der Waals surface area (Å²) in [5, 5.41) is 1.11. The molecule has 0 atom stereocenters. The van der Waals surface area contributed by atoms with Gasteiger partial charge in [0.15, 0.2) is 0 Å². The maximum absolute atomic E-state index is 5.81. The maximum atomic E-state index is 5.81. The van der Waals surface area contributed by atoms with E-state index in [4.69, 9.17) is 4.42 Å². The van der Waals surface area contributed by atoms with Gasteiger partial charge in [-0.05, 0) is 48.0 Å². The molecule has 3 rings (SSSR count). The molecule has 0 saturated heterocycles. The third kappa shape index (κ3) is 3.19. The van der Waals surface area contributed by atoms with Crippen LogP contribution in [0, 0.1) is 0 Å². The molecule has 0 aliphatic heterocycles. The number of hydrogen-bond donors (Lipinski definition) is 0. The van der Waals surface area contributed by atoms with Gasteiger partial charge in [-0.1, -0.05) is 34.1 Å². The Morgan fingerprint density at radius 1 is 0.952 bits per heavy atom. The van der Waals surface area contributed by atoms with Crippen molar-refractivity contribution in [2.75, 3.05) is 19.0 Å². The fraction of sp³-hybridized carbons (Fsp3) is 0.111. The van der Waals surface area contributed by atoms with E-state index in [9.17, 15) is 0 Å². The molecule has 3 heteroatoms. The molecule has 0 bridgehead atoms. The molecule has 21 heavy (non-hydrogen) atoms. The van der Waals surface area contributed by atoms with Gasteiger partial charge in [0, 0.05) is 29.6 Å². The highest BCUT2D eigenvalue weighted by atomic mass is 79.9. The topological polar surface area (TPSA) is 16.4 Å². The molecule has 0 amide bonds. The molecule has 0 N–H and O–H groups in total. The van der Waals surface area contributed by atoms with Gasteiger partial charge < -0.3 is 9.32 Å². The van der Waals surface area contributed by atoms with Gasteiger partial charge >= 0.3 is 0 Å². The number of halogens is 1. The Morgan fingerprint density at radius 3 is 2.43 bits per heavy atom. The number of rotatable bonds is 3. The molecule has 1 aromatic heterocycles. The van der Waals surface area contributed by atoms with E-state index in [1.165, 1.54) is 5.69 Å². The van der Waals surface area contributed by atoms with Crippen molar-refractivity contribution < 1.29 is 4.42 Å². The van der Waals surface area contributed by atoms with Crippen molar-refractivity contribution in [3.05, 3.63) is 64.3 Å². The van der Waals surface area contributed by atoms with Gasteiger partial charge in [0.25, 0.3) is 0 Å². The molecule has 0 radical (unpaired) electrons. The number of anilines is 1. The Hall–Kier alpha value is -2.00. The van der Waals surface area contributed by atoms with Crippen LogP contribution in [0.15, 0.2) is 57.4 Å². The maximum Gasteiger partial charge on any atom is 0.135 e. The van der Waals surface area contributed by atoms with Gasteiger partial charge in [0.1, 0.15) is 11.3 Å². The van der Waals surface area contributed by atoms with E-state index in [-0.39, 0.29) is 0 Å². The summed E-state index contributed by atoms with van der Waals surface area (Å²) in [5.41, 5.74) is 3.25. The number of benzene rings is 2. The van der Waals surface area contributed by atoms with E-state index in [1.54, 1.807) is 0 Å². The largest absolute Gasteiger partial charge is 0.457 e. The average Bonchev–Trinajstić information content (AvgIpc) is 2.87. The predicted octanol–water partition coefficient (Wildman–Crippen LogP) is 5.43. The molecular weight excluding hydrogens is 326 g/mol. The second-order valence-electron chi connectivity index (χ2n) is 5.15. The third-order valence-corrected chi connectivity index (χ3v) is 3.84. The van der Waals surface area contributed by atoms with E-state index in [0.717, 1.165) is 26.8 Å².